The minimum atomic E-state index is -4.01. The summed E-state index contributed by atoms with van der Waals surface area (Å²) in [7, 11) is -2.47. The summed E-state index contributed by atoms with van der Waals surface area (Å²) in [5.41, 5.74) is 6.49. The van der Waals surface area contributed by atoms with Crippen molar-refractivity contribution in [2.24, 2.45) is 5.10 Å². The van der Waals surface area contributed by atoms with Gasteiger partial charge in [0.1, 0.15) is 13.2 Å². The van der Waals surface area contributed by atoms with Gasteiger partial charge in [0.15, 0.2) is 11.5 Å². The van der Waals surface area contributed by atoms with Crippen LogP contribution in [-0.4, -0.2) is 34.2 Å². The van der Waals surface area contributed by atoms with Gasteiger partial charge in [-0.25, -0.2) is 13.8 Å². The molecule has 0 aliphatic rings. The van der Waals surface area contributed by atoms with E-state index in [9.17, 15) is 13.2 Å². The molecule has 10 heteroatoms. The Morgan fingerprint density at radius 1 is 0.951 bits per heavy atom. The lowest BCUT2D eigenvalue weighted by molar-refractivity contribution is -0.119. The van der Waals surface area contributed by atoms with Crippen LogP contribution in [-0.2, 0) is 21.4 Å². The van der Waals surface area contributed by atoms with Crippen molar-refractivity contribution in [2.75, 3.05) is 18.0 Å². The van der Waals surface area contributed by atoms with Crippen LogP contribution in [0.4, 0.5) is 5.69 Å². The normalized spacial score (nSPS) is 11.3. The molecule has 0 heterocycles. The van der Waals surface area contributed by atoms with Crippen molar-refractivity contribution in [2.45, 2.75) is 25.3 Å². The largest absolute Gasteiger partial charge is 0.493 e. The van der Waals surface area contributed by atoms with E-state index in [4.69, 9.17) is 9.47 Å². The third-order valence-electron chi connectivity index (χ3n) is 6.07. The molecule has 0 aromatic heterocycles. The first-order valence-corrected chi connectivity index (χ1v) is 14.9. The van der Waals surface area contributed by atoms with Gasteiger partial charge in [0.05, 0.1) is 28.4 Å². The minimum Gasteiger partial charge on any atom is -0.493 e. The molecule has 8 nitrogen and oxygen atoms in total. The van der Waals surface area contributed by atoms with E-state index >= 15 is 0 Å². The number of amides is 1. The predicted octanol–water partition coefficient (Wildman–Crippen LogP) is 6.00. The Balaban J connectivity index is 1.47. The average molecular weight is 637 g/mol. The third-order valence-corrected chi connectivity index (χ3v) is 8.44. The highest BCUT2D eigenvalue weighted by Gasteiger charge is 2.27. The molecule has 41 heavy (non-hydrogen) atoms. The number of sulfonamides is 1. The van der Waals surface area contributed by atoms with Gasteiger partial charge in [-0.3, -0.25) is 9.10 Å². The zero-order chi connectivity index (χ0) is 29.4. The molecule has 1 amide bonds. The van der Waals surface area contributed by atoms with Crippen molar-refractivity contribution >= 4 is 43.8 Å². The molecule has 0 spiro atoms. The lowest BCUT2D eigenvalue weighted by atomic mass is 10.2. The summed E-state index contributed by atoms with van der Waals surface area (Å²) in [6, 6.07) is 26.5. The first-order chi connectivity index (χ1) is 19.7. The zero-order valence-electron chi connectivity index (χ0n) is 22.9. The van der Waals surface area contributed by atoms with Crippen molar-refractivity contribution in [3.05, 3.63) is 118 Å². The number of hydrogen-bond donors (Lipinski definition) is 1. The van der Waals surface area contributed by atoms with E-state index in [1.165, 1.54) is 31.0 Å². The Kier molecular flexibility index (Phi) is 9.80. The number of nitrogens with zero attached hydrogens (tertiary/aromatic N) is 2. The molecule has 0 saturated heterocycles. The Morgan fingerprint density at radius 3 is 2.37 bits per heavy atom. The van der Waals surface area contributed by atoms with E-state index in [0.717, 1.165) is 15.4 Å². The summed E-state index contributed by atoms with van der Waals surface area (Å²) in [6.45, 7) is 3.78. The number of carbonyl (C=O) groups excluding carboxylic acids is 1. The molecule has 0 aliphatic heterocycles. The smallest absolute Gasteiger partial charge is 0.264 e. The molecule has 0 radical (unpaired) electrons. The molecule has 1 N–H and O–H groups in total. The second-order valence-electron chi connectivity index (χ2n) is 9.27. The molecular formula is C31H30BrN3O5S. The van der Waals surface area contributed by atoms with Crippen LogP contribution in [0.2, 0.25) is 0 Å². The first-order valence-electron chi connectivity index (χ1n) is 12.7. The fourth-order valence-corrected chi connectivity index (χ4v) is 5.96. The highest BCUT2D eigenvalue weighted by atomic mass is 79.9. The average Bonchev–Trinajstić information content (AvgIpc) is 2.96. The van der Waals surface area contributed by atoms with Gasteiger partial charge in [0.2, 0.25) is 0 Å². The van der Waals surface area contributed by atoms with Gasteiger partial charge in [-0.15, -0.1) is 0 Å². The van der Waals surface area contributed by atoms with Gasteiger partial charge in [0, 0.05) is 0 Å². The molecule has 0 atom stereocenters. The number of benzene rings is 4. The third kappa shape index (κ3) is 7.74. The number of anilines is 1. The van der Waals surface area contributed by atoms with Crippen molar-refractivity contribution in [3.63, 3.8) is 0 Å². The standard InChI is InChI=1S/C31H30BrN3O5S/c1-22-12-14-24(15-13-22)21-40-31-28(32)17-25(18-29(31)39-3)19-33-34-30(36)20-35(26-9-7-8-23(2)16-26)41(37,38)27-10-5-4-6-11-27/h4-19H,20-21H2,1-3H3,(H,34,36)/b33-19-. The van der Waals surface area contributed by atoms with E-state index in [0.29, 0.717) is 33.8 Å². The van der Waals surface area contributed by atoms with Crippen LogP contribution >= 0.6 is 15.9 Å². The van der Waals surface area contributed by atoms with Gasteiger partial charge in [-0.2, -0.15) is 5.10 Å². The molecule has 4 rings (SSSR count). The highest BCUT2D eigenvalue weighted by Crippen LogP contribution is 2.37. The summed E-state index contributed by atoms with van der Waals surface area (Å²) in [5.74, 6) is 0.416. The SMILES string of the molecule is COc1cc(/C=N\NC(=O)CN(c2cccc(C)c2)S(=O)(=O)c2ccccc2)cc(Br)c1OCc1ccc(C)cc1. The Hall–Kier alpha value is -4.15. The second kappa shape index (κ2) is 13.5. The van der Waals surface area contributed by atoms with Gasteiger partial charge >= 0.3 is 0 Å². The van der Waals surface area contributed by atoms with Gasteiger partial charge in [-0.05, 0) is 82.9 Å². The maximum atomic E-state index is 13.5. The van der Waals surface area contributed by atoms with Crippen molar-refractivity contribution in [1.29, 1.82) is 0 Å². The van der Waals surface area contributed by atoms with Crippen LogP contribution < -0.4 is 19.2 Å². The molecule has 0 aliphatic carbocycles. The molecule has 0 fully saturated rings. The number of nitrogens with one attached hydrogen (secondary N) is 1. The fourth-order valence-electron chi connectivity index (χ4n) is 3.96. The summed E-state index contributed by atoms with van der Waals surface area (Å²) < 4.78 is 40.1. The fraction of sp³-hybridized carbons (Fsp3) is 0.161. The number of methoxy groups -OCH3 is 1. The molecule has 212 valence electrons. The van der Waals surface area contributed by atoms with E-state index in [-0.39, 0.29) is 4.90 Å². The van der Waals surface area contributed by atoms with Crippen molar-refractivity contribution in [3.8, 4) is 11.5 Å². The lowest BCUT2D eigenvalue weighted by Crippen LogP contribution is -2.39. The van der Waals surface area contributed by atoms with E-state index in [1.807, 2.05) is 44.2 Å². The molecule has 0 saturated carbocycles. The lowest BCUT2D eigenvalue weighted by Gasteiger charge is -2.24. The van der Waals surface area contributed by atoms with E-state index in [2.05, 4.69) is 26.5 Å². The van der Waals surface area contributed by atoms with Gasteiger partial charge in [-0.1, -0.05) is 60.2 Å². The minimum absolute atomic E-state index is 0.0828. The number of hydrogen-bond acceptors (Lipinski definition) is 6. The highest BCUT2D eigenvalue weighted by molar-refractivity contribution is 9.10. The van der Waals surface area contributed by atoms with Crippen molar-refractivity contribution < 1.29 is 22.7 Å². The van der Waals surface area contributed by atoms with Crippen LogP contribution in [0.3, 0.4) is 0 Å². The van der Waals surface area contributed by atoms with Crippen LogP contribution in [0.5, 0.6) is 11.5 Å². The van der Waals surface area contributed by atoms with Gasteiger partial charge in [0.25, 0.3) is 15.9 Å². The number of carbonyl (C=O) groups is 1. The molecule has 0 unspecified atom stereocenters. The van der Waals surface area contributed by atoms with Gasteiger partial charge < -0.3 is 9.47 Å². The van der Waals surface area contributed by atoms with Crippen molar-refractivity contribution in [1.82, 2.24) is 5.43 Å². The Morgan fingerprint density at radius 2 is 1.68 bits per heavy atom. The van der Waals surface area contributed by atoms with Crippen LogP contribution in [0.25, 0.3) is 0 Å². The van der Waals surface area contributed by atoms with Crippen LogP contribution in [0, 0.1) is 13.8 Å². The quantitative estimate of drug-likeness (QED) is 0.161. The summed E-state index contributed by atoms with van der Waals surface area (Å²) in [4.78, 5) is 13.0. The first kappa shape index (κ1) is 29.8. The molecule has 4 aromatic carbocycles. The predicted molar refractivity (Wildman–Crippen MR) is 164 cm³/mol. The Labute approximate surface area is 248 Å². The topological polar surface area (TPSA) is 97.3 Å². The number of halogens is 1. The monoisotopic (exact) mass is 635 g/mol. The maximum absolute atomic E-state index is 13.5. The second-order valence-corrected chi connectivity index (χ2v) is 12.0. The number of hydrazone groups is 1. The summed E-state index contributed by atoms with van der Waals surface area (Å²) in [5, 5.41) is 4.05. The molecule has 4 aromatic rings. The molecular weight excluding hydrogens is 606 g/mol. The van der Waals surface area contributed by atoms with E-state index in [1.54, 1.807) is 48.5 Å². The molecule has 0 bridgehead atoms. The number of aryl methyl sites for hydroxylation is 2. The summed E-state index contributed by atoms with van der Waals surface area (Å²) in [6.07, 6.45) is 1.44. The number of rotatable bonds is 11. The summed E-state index contributed by atoms with van der Waals surface area (Å²) >= 11 is 3.53. The maximum Gasteiger partial charge on any atom is 0.264 e. The number of ether oxygens (including phenoxy) is 2. The Bertz CT molecular complexity index is 1640. The van der Waals surface area contributed by atoms with Crippen LogP contribution in [0.15, 0.2) is 105 Å². The zero-order valence-corrected chi connectivity index (χ0v) is 25.3. The van der Waals surface area contributed by atoms with E-state index < -0.39 is 22.5 Å². The van der Waals surface area contributed by atoms with Crippen LogP contribution in [0.1, 0.15) is 22.3 Å².